The first kappa shape index (κ1) is 9.88. The molecule has 5 rings (SSSR count). The molecule has 2 aromatic rings. The maximum Gasteiger partial charge on any atom is 0.268 e. The summed E-state index contributed by atoms with van der Waals surface area (Å²) in [7, 11) is 0. The van der Waals surface area contributed by atoms with Crippen LogP contribution in [0, 0.1) is 0 Å². The summed E-state index contributed by atoms with van der Waals surface area (Å²) >= 11 is 0. The molecule has 2 N–H and O–H groups in total. The molecular formula is C14H13N3O. The van der Waals surface area contributed by atoms with E-state index in [0.29, 0.717) is 17.7 Å². The Balaban J connectivity index is 2.00. The van der Waals surface area contributed by atoms with E-state index in [2.05, 4.69) is 27.8 Å². The molecule has 1 saturated carbocycles. The Morgan fingerprint density at radius 3 is 2.89 bits per heavy atom. The number of amides is 1. The van der Waals surface area contributed by atoms with Crippen molar-refractivity contribution in [2.45, 2.75) is 24.8 Å². The second kappa shape index (κ2) is 3.22. The zero-order valence-electron chi connectivity index (χ0n) is 9.84. The number of aromatic nitrogens is 2. The van der Waals surface area contributed by atoms with E-state index < -0.39 is 5.91 Å². The molecule has 0 saturated heterocycles. The average molecular weight is 239 g/mol. The lowest BCUT2D eigenvalue weighted by atomic mass is 9.76. The number of carbonyl (C=O) groups is 1. The van der Waals surface area contributed by atoms with Gasteiger partial charge >= 0.3 is 0 Å². The van der Waals surface area contributed by atoms with Crippen molar-refractivity contribution < 1.29 is 4.79 Å². The highest BCUT2D eigenvalue weighted by molar-refractivity contribution is 5.91. The van der Waals surface area contributed by atoms with E-state index in [1.807, 2.05) is 6.07 Å². The first-order chi connectivity index (χ1) is 8.74. The summed E-state index contributed by atoms with van der Waals surface area (Å²) in [6.45, 7) is 0. The van der Waals surface area contributed by atoms with Gasteiger partial charge in [0.15, 0.2) is 0 Å². The van der Waals surface area contributed by atoms with Gasteiger partial charge in [-0.3, -0.25) is 4.79 Å². The Morgan fingerprint density at radius 2 is 2.11 bits per heavy atom. The van der Waals surface area contributed by atoms with Gasteiger partial charge in [-0.05, 0) is 24.3 Å². The lowest BCUT2D eigenvalue weighted by molar-refractivity contribution is 0.0996. The normalized spacial score (nSPS) is 23.6. The van der Waals surface area contributed by atoms with Gasteiger partial charge in [0.2, 0.25) is 0 Å². The molecule has 2 bridgehead atoms. The zero-order valence-corrected chi connectivity index (χ0v) is 9.84. The Kier molecular flexibility index (Phi) is 1.77. The number of rotatable bonds is 1. The molecule has 0 radical (unpaired) electrons. The molecule has 0 spiro atoms. The second-order valence-corrected chi connectivity index (χ2v) is 5.13. The fourth-order valence-corrected chi connectivity index (χ4v) is 3.12. The van der Waals surface area contributed by atoms with Crippen LogP contribution in [0.15, 0.2) is 30.5 Å². The number of benzene rings is 1. The summed E-state index contributed by atoms with van der Waals surface area (Å²) in [6, 6.07) is 8.81. The summed E-state index contributed by atoms with van der Waals surface area (Å²) < 4.78 is 2.13. The van der Waals surface area contributed by atoms with Crippen LogP contribution >= 0.6 is 0 Å². The standard InChI is InChI=1S/C14H13N3O/c15-13(18)12-7-17-9-5-8(6-9)10-3-1-2-4-11(10)14(17)16-12/h1-4,7-9H,5-6H2,(H2,15,18). The predicted octanol–water partition coefficient (Wildman–Crippen LogP) is 2.08. The van der Waals surface area contributed by atoms with Gasteiger partial charge in [-0.1, -0.05) is 24.3 Å². The predicted molar refractivity (Wildman–Crippen MR) is 67.2 cm³/mol. The Morgan fingerprint density at radius 1 is 1.33 bits per heavy atom. The summed E-state index contributed by atoms with van der Waals surface area (Å²) in [6.07, 6.45) is 4.08. The summed E-state index contributed by atoms with van der Waals surface area (Å²) in [5, 5.41) is 0. The molecule has 3 heterocycles. The van der Waals surface area contributed by atoms with Crippen molar-refractivity contribution >= 4 is 5.91 Å². The molecule has 1 aliphatic carbocycles. The van der Waals surface area contributed by atoms with E-state index in [1.165, 1.54) is 5.56 Å². The smallest absolute Gasteiger partial charge is 0.268 e. The molecule has 18 heavy (non-hydrogen) atoms. The fraction of sp³-hybridized carbons (Fsp3) is 0.286. The van der Waals surface area contributed by atoms with Crippen molar-refractivity contribution in [1.82, 2.24) is 9.55 Å². The third-order valence-electron chi connectivity index (χ3n) is 4.13. The minimum atomic E-state index is -0.455. The van der Waals surface area contributed by atoms with Crippen molar-refractivity contribution in [3.05, 3.63) is 41.7 Å². The fourth-order valence-electron chi connectivity index (χ4n) is 3.12. The molecule has 3 aliphatic rings. The van der Waals surface area contributed by atoms with E-state index in [1.54, 1.807) is 6.20 Å². The molecule has 1 aromatic carbocycles. The topological polar surface area (TPSA) is 60.9 Å². The number of imidazole rings is 1. The number of carbonyl (C=O) groups excluding carboxylic acids is 1. The third kappa shape index (κ3) is 1.15. The second-order valence-electron chi connectivity index (χ2n) is 5.13. The maximum atomic E-state index is 11.3. The van der Waals surface area contributed by atoms with E-state index in [9.17, 15) is 4.79 Å². The molecule has 1 aromatic heterocycles. The molecule has 0 atom stereocenters. The highest BCUT2D eigenvalue weighted by Crippen LogP contribution is 2.51. The molecule has 1 amide bonds. The first-order valence-corrected chi connectivity index (χ1v) is 6.22. The minimum absolute atomic E-state index is 0.366. The molecule has 4 nitrogen and oxygen atoms in total. The van der Waals surface area contributed by atoms with Crippen LogP contribution in [0.4, 0.5) is 0 Å². The van der Waals surface area contributed by atoms with Crippen molar-refractivity contribution in [3.63, 3.8) is 0 Å². The number of primary amides is 1. The van der Waals surface area contributed by atoms with Crippen LogP contribution in [-0.2, 0) is 0 Å². The number of hydrogen-bond donors (Lipinski definition) is 1. The highest BCUT2D eigenvalue weighted by Gasteiger charge is 2.38. The van der Waals surface area contributed by atoms with Crippen LogP contribution in [0.1, 0.15) is 40.9 Å². The van der Waals surface area contributed by atoms with Crippen LogP contribution in [0.3, 0.4) is 0 Å². The molecule has 90 valence electrons. The number of nitrogens with two attached hydrogens (primary N) is 1. The molecule has 1 fully saturated rings. The monoisotopic (exact) mass is 239 g/mol. The van der Waals surface area contributed by atoms with Crippen LogP contribution in [0.5, 0.6) is 0 Å². The molecular weight excluding hydrogens is 226 g/mol. The van der Waals surface area contributed by atoms with Crippen LogP contribution in [0.2, 0.25) is 0 Å². The summed E-state index contributed by atoms with van der Waals surface area (Å²) in [5.41, 5.74) is 8.20. The maximum absolute atomic E-state index is 11.3. The van der Waals surface area contributed by atoms with E-state index in [4.69, 9.17) is 5.73 Å². The number of nitrogens with zero attached hydrogens (tertiary/aromatic N) is 2. The van der Waals surface area contributed by atoms with Gasteiger partial charge in [0, 0.05) is 17.8 Å². The first-order valence-electron chi connectivity index (χ1n) is 6.22. The average Bonchev–Trinajstić information content (AvgIpc) is 2.64. The van der Waals surface area contributed by atoms with Crippen molar-refractivity contribution in [1.29, 1.82) is 0 Å². The molecule has 0 unspecified atom stereocenters. The quantitative estimate of drug-likeness (QED) is 0.828. The van der Waals surface area contributed by atoms with E-state index in [-0.39, 0.29) is 0 Å². The van der Waals surface area contributed by atoms with E-state index >= 15 is 0 Å². The Bertz CT molecular complexity index is 653. The van der Waals surface area contributed by atoms with E-state index in [0.717, 1.165) is 24.2 Å². The van der Waals surface area contributed by atoms with Gasteiger partial charge in [-0.25, -0.2) is 4.98 Å². The van der Waals surface area contributed by atoms with Crippen molar-refractivity contribution in [2.75, 3.05) is 0 Å². The van der Waals surface area contributed by atoms with Crippen LogP contribution in [-0.4, -0.2) is 15.5 Å². The van der Waals surface area contributed by atoms with Gasteiger partial charge in [-0.2, -0.15) is 0 Å². The van der Waals surface area contributed by atoms with Gasteiger partial charge in [0.25, 0.3) is 5.91 Å². The van der Waals surface area contributed by atoms with Crippen molar-refractivity contribution in [2.24, 2.45) is 5.73 Å². The van der Waals surface area contributed by atoms with Gasteiger partial charge in [0.1, 0.15) is 11.5 Å². The lowest BCUT2D eigenvalue weighted by Crippen LogP contribution is -2.22. The lowest BCUT2D eigenvalue weighted by Gasteiger charge is -2.34. The molecule has 4 heteroatoms. The Labute approximate surface area is 104 Å². The highest BCUT2D eigenvalue weighted by atomic mass is 16.1. The Hall–Kier alpha value is -2.10. The minimum Gasteiger partial charge on any atom is -0.364 e. The largest absolute Gasteiger partial charge is 0.364 e. The van der Waals surface area contributed by atoms with Gasteiger partial charge in [-0.15, -0.1) is 0 Å². The van der Waals surface area contributed by atoms with Crippen LogP contribution in [0.25, 0.3) is 11.4 Å². The zero-order chi connectivity index (χ0) is 12.3. The third-order valence-corrected chi connectivity index (χ3v) is 4.13. The summed E-state index contributed by atoms with van der Waals surface area (Å²) in [5.74, 6) is 1.08. The van der Waals surface area contributed by atoms with Gasteiger partial charge in [0.05, 0.1) is 0 Å². The van der Waals surface area contributed by atoms with Crippen molar-refractivity contribution in [3.8, 4) is 11.4 Å². The SMILES string of the molecule is NC(=O)c1cn2c(n1)-c1ccccc1C1CC2C1. The number of hydrogen-bond acceptors (Lipinski definition) is 2. The molecule has 2 aliphatic heterocycles. The van der Waals surface area contributed by atoms with Crippen LogP contribution < -0.4 is 5.73 Å². The summed E-state index contributed by atoms with van der Waals surface area (Å²) in [4.78, 5) is 15.7. The van der Waals surface area contributed by atoms with Gasteiger partial charge < -0.3 is 10.3 Å².